The molecule has 1 aromatic heterocycles. The first kappa shape index (κ1) is 33.0. The molecule has 4 N–H and O–H groups in total. The number of hydrogen-bond acceptors (Lipinski definition) is 6. The number of nitrogens with one attached hydrogen (secondary N) is 2. The molecule has 4 unspecified atom stereocenters. The average Bonchev–Trinajstić information content (AvgIpc) is 3.64. The molecule has 4 aliphatic rings. The minimum atomic E-state index is -3.96. The van der Waals surface area contributed by atoms with Gasteiger partial charge in [-0.25, -0.2) is 17.9 Å². The summed E-state index contributed by atoms with van der Waals surface area (Å²) in [6.45, 7) is 9.85. The summed E-state index contributed by atoms with van der Waals surface area (Å²) in [6, 6.07) is 12.2. The standard InChI is InChI=1S/C36H52N2O5S2/c1-5-25-29-21-24(39)15-18-36(29,4)28-16-19-35(3)26(11-12-27(35)32(28)33(25)40)22(2)17-20-37-34(41)38-45(42,43)31-14-13-30(44-31)23-9-7-6-8-10-23/h6-10,13-14,22,24-29,32-33,39-40H,5,11-12,15-21H2,1-4H3,(H2,37,38,41)/t22-,24-,25-,26-,27+,28+,29?,32?,33-,35?,36?/m1/s1. The van der Waals surface area contributed by atoms with Crippen LogP contribution in [-0.4, -0.2) is 43.4 Å². The molecule has 45 heavy (non-hydrogen) atoms. The van der Waals surface area contributed by atoms with Crippen LogP contribution >= 0.6 is 11.3 Å². The summed E-state index contributed by atoms with van der Waals surface area (Å²) in [7, 11) is -3.96. The van der Waals surface area contributed by atoms with Crippen molar-refractivity contribution in [3.05, 3.63) is 42.5 Å². The highest BCUT2D eigenvalue weighted by Gasteiger charge is 2.64. The van der Waals surface area contributed by atoms with Crippen molar-refractivity contribution in [3.63, 3.8) is 0 Å². The Bertz CT molecular complexity index is 1460. The van der Waals surface area contributed by atoms with Gasteiger partial charge in [-0.1, -0.05) is 64.4 Å². The van der Waals surface area contributed by atoms with Gasteiger partial charge in [0.25, 0.3) is 10.0 Å². The Morgan fingerprint density at radius 1 is 0.978 bits per heavy atom. The summed E-state index contributed by atoms with van der Waals surface area (Å²) in [6.07, 6.45) is 8.58. The van der Waals surface area contributed by atoms with E-state index >= 15 is 0 Å². The van der Waals surface area contributed by atoms with Crippen molar-refractivity contribution in [1.82, 2.24) is 10.0 Å². The predicted molar refractivity (Wildman–Crippen MR) is 179 cm³/mol. The van der Waals surface area contributed by atoms with E-state index in [4.69, 9.17) is 0 Å². The van der Waals surface area contributed by atoms with Crippen LogP contribution < -0.4 is 10.0 Å². The molecule has 4 fully saturated rings. The van der Waals surface area contributed by atoms with Gasteiger partial charge in [0.1, 0.15) is 4.21 Å². The van der Waals surface area contributed by atoms with E-state index in [0.29, 0.717) is 42.1 Å². The molecule has 248 valence electrons. The Kier molecular flexibility index (Phi) is 9.22. The van der Waals surface area contributed by atoms with E-state index in [-0.39, 0.29) is 33.2 Å². The maximum atomic E-state index is 12.9. The molecule has 0 aliphatic heterocycles. The first-order valence-electron chi connectivity index (χ1n) is 17.2. The van der Waals surface area contributed by atoms with Gasteiger partial charge in [-0.05, 0) is 121 Å². The third kappa shape index (κ3) is 5.89. The second-order valence-electron chi connectivity index (χ2n) is 15.2. The summed E-state index contributed by atoms with van der Waals surface area (Å²) >= 11 is 1.15. The molecular weight excluding hydrogens is 605 g/mol. The molecule has 0 spiro atoms. The maximum Gasteiger partial charge on any atom is 0.328 e. The van der Waals surface area contributed by atoms with Crippen LogP contribution in [0.2, 0.25) is 0 Å². The number of carbonyl (C=O) groups excluding carboxylic acids is 1. The number of carbonyl (C=O) groups is 1. The lowest BCUT2D eigenvalue weighted by molar-refractivity contribution is -0.203. The number of rotatable bonds is 8. The van der Waals surface area contributed by atoms with Crippen LogP contribution in [0.4, 0.5) is 4.79 Å². The van der Waals surface area contributed by atoms with Crippen LogP contribution in [0.3, 0.4) is 0 Å². The number of fused-ring (bicyclic) bond motifs is 5. The molecule has 1 heterocycles. The van der Waals surface area contributed by atoms with Gasteiger partial charge in [-0.15, -0.1) is 11.3 Å². The largest absolute Gasteiger partial charge is 0.393 e. The SMILES string of the molecule is CC[C@@H]1C2C[C@H](O)CCC2(C)[C@H]2CCC3(C)[C@@H]([C@H](C)CCNC(=O)NS(=O)(=O)c4ccc(-c5ccccc5)s4)CC[C@H]3C2[C@@H]1O. The van der Waals surface area contributed by atoms with Crippen LogP contribution in [0.5, 0.6) is 0 Å². The van der Waals surface area contributed by atoms with Crippen LogP contribution in [0.15, 0.2) is 46.7 Å². The number of hydrogen-bond donors (Lipinski definition) is 4. The molecule has 2 amide bonds. The molecule has 4 aliphatic carbocycles. The molecule has 0 radical (unpaired) electrons. The Hall–Kier alpha value is -1.94. The van der Waals surface area contributed by atoms with E-state index < -0.39 is 16.1 Å². The van der Waals surface area contributed by atoms with E-state index in [0.717, 1.165) is 73.1 Å². The van der Waals surface area contributed by atoms with Crippen molar-refractivity contribution >= 4 is 27.4 Å². The summed E-state index contributed by atoms with van der Waals surface area (Å²) in [5, 5.41) is 25.3. The summed E-state index contributed by atoms with van der Waals surface area (Å²) in [4.78, 5) is 13.5. The highest BCUT2D eigenvalue weighted by molar-refractivity contribution is 7.92. The summed E-state index contributed by atoms with van der Waals surface area (Å²) < 4.78 is 28.1. The average molecular weight is 657 g/mol. The molecule has 4 saturated carbocycles. The number of urea groups is 1. The summed E-state index contributed by atoms with van der Waals surface area (Å²) in [5.41, 5.74) is 1.28. The van der Waals surface area contributed by atoms with Gasteiger partial charge in [-0.3, -0.25) is 0 Å². The lowest BCUT2D eigenvalue weighted by Crippen LogP contribution is -2.62. The normalized spacial score (nSPS) is 38.4. The lowest BCUT2D eigenvalue weighted by Gasteiger charge is -2.64. The van der Waals surface area contributed by atoms with Crippen LogP contribution in [0, 0.1) is 52.3 Å². The van der Waals surface area contributed by atoms with Crippen molar-refractivity contribution in [2.75, 3.05) is 6.54 Å². The Balaban J connectivity index is 1.06. The van der Waals surface area contributed by atoms with Crippen molar-refractivity contribution in [1.29, 1.82) is 0 Å². The zero-order valence-corrected chi connectivity index (χ0v) is 28.9. The van der Waals surface area contributed by atoms with Crippen molar-refractivity contribution in [2.45, 2.75) is 102 Å². The molecule has 7 nitrogen and oxygen atoms in total. The van der Waals surface area contributed by atoms with Crippen molar-refractivity contribution < 1.29 is 23.4 Å². The lowest BCUT2D eigenvalue weighted by atomic mass is 9.41. The Morgan fingerprint density at radius 3 is 2.42 bits per heavy atom. The number of thiophene rings is 1. The highest BCUT2D eigenvalue weighted by Crippen LogP contribution is 2.69. The second-order valence-corrected chi connectivity index (χ2v) is 18.2. The third-order valence-corrected chi connectivity index (χ3v) is 16.1. The quantitative estimate of drug-likeness (QED) is 0.243. The van der Waals surface area contributed by atoms with Gasteiger partial charge in [0.2, 0.25) is 0 Å². The number of aliphatic hydroxyl groups excluding tert-OH is 2. The fourth-order valence-corrected chi connectivity index (χ4v) is 13.2. The zero-order chi connectivity index (χ0) is 32.1. The van der Waals surface area contributed by atoms with Gasteiger partial charge in [-0.2, -0.15) is 0 Å². The third-order valence-electron chi connectivity index (χ3n) is 13.2. The van der Waals surface area contributed by atoms with Crippen LogP contribution in [0.25, 0.3) is 10.4 Å². The topological polar surface area (TPSA) is 116 Å². The number of aliphatic hydroxyl groups is 2. The van der Waals surface area contributed by atoms with Crippen molar-refractivity contribution in [3.8, 4) is 10.4 Å². The van der Waals surface area contributed by atoms with Gasteiger partial charge in [0.05, 0.1) is 12.2 Å². The van der Waals surface area contributed by atoms with E-state index in [1.807, 2.05) is 30.3 Å². The molecule has 6 rings (SSSR count). The Morgan fingerprint density at radius 2 is 1.69 bits per heavy atom. The smallest absolute Gasteiger partial charge is 0.328 e. The molecule has 2 aromatic rings. The monoisotopic (exact) mass is 656 g/mol. The summed E-state index contributed by atoms with van der Waals surface area (Å²) in [5.74, 6) is 2.85. The number of benzene rings is 1. The molecular formula is C36H52N2O5S2. The molecule has 9 heteroatoms. The number of amides is 2. The molecule has 0 bridgehead atoms. The van der Waals surface area contributed by atoms with Gasteiger partial charge < -0.3 is 15.5 Å². The van der Waals surface area contributed by atoms with Gasteiger partial charge in [0.15, 0.2) is 0 Å². The fourth-order valence-electron chi connectivity index (χ4n) is 11.0. The van der Waals surface area contributed by atoms with Gasteiger partial charge in [0, 0.05) is 11.4 Å². The first-order valence-corrected chi connectivity index (χ1v) is 19.5. The Labute approximate surface area is 273 Å². The second kappa shape index (κ2) is 12.6. The van der Waals surface area contributed by atoms with Crippen LogP contribution in [-0.2, 0) is 10.0 Å². The highest BCUT2D eigenvalue weighted by atomic mass is 32.2. The zero-order valence-electron chi connectivity index (χ0n) is 27.2. The molecule has 0 saturated heterocycles. The molecule has 11 atom stereocenters. The van der Waals surface area contributed by atoms with E-state index in [9.17, 15) is 23.4 Å². The van der Waals surface area contributed by atoms with Crippen LogP contribution in [0.1, 0.15) is 85.5 Å². The minimum Gasteiger partial charge on any atom is -0.393 e. The van der Waals surface area contributed by atoms with E-state index in [1.54, 1.807) is 12.1 Å². The number of sulfonamides is 1. The van der Waals surface area contributed by atoms with E-state index in [1.165, 1.54) is 6.42 Å². The fraction of sp³-hybridized carbons (Fsp3) is 0.694. The minimum absolute atomic E-state index is 0.116. The predicted octanol–water partition coefficient (Wildman–Crippen LogP) is 7.06. The molecule has 1 aromatic carbocycles. The maximum absolute atomic E-state index is 12.9. The van der Waals surface area contributed by atoms with E-state index in [2.05, 4.69) is 37.7 Å². The first-order chi connectivity index (χ1) is 21.4. The van der Waals surface area contributed by atoms with Crippen molar-refractivity contribution in [2.24, 2.45) is 52.3 Å². The van der Waals surface area contributed by atoms with Gasteiger partial charge >= 0.3 is 6.03 Å².